The minimum Gasteiger partial charge on any atom is -0.497 e. The van der Waals surface area contributed by atoms with Crippen molar-refractivity contribution in [1.82, 2.24) is 0 Å². The van der Waals surface area contributed by atoms with E-state index in [1.54, 1.807) is 74.7 Å². The van der Waals surface area contributed by atoms with Crippen molar-refractivity contribution >= 4 is 23.7 Å². The molecule has 42 heavy (non-hydrogen) atoms. The molecule has 0 aliphatic rings. The van der Waals surface area contributed by atoms with Crippen LogP contribution in [-0.4, -0.2) is 30.8 Å². The van der Waals surface area contributed by atoms with Gasteiger partial charge in [-0.25, -0.2) is 0 Å². The summed E-state index contributed by atoms with van der Waals surface area (Å²) in [6, 6.07) is 28.2. The summed E-state index contributed by atoms with van der Waals surface area (Å²) in [6.07, 6.45) is -0.415. The molecule has 0 aromatic heterocycles. The Morgan fingerprint density at radius 2 is 0.881 bits per heavy atom. The first-order valence-electron chi connectivity index (χ1n) is 13.3. The monoisotopic (exact) mass is 566 g/mol. The molecule has 0 saturated heterocycles. The molecular weight excluding hydrogens is 536 g/mol. The molecule has 4 aromatic rings. The Morgan fingerprint density at radius 1 is 0.548 bits per heavy atom. The SMILES string of the molecule is COc1ccc(-c2ccc(OC(=O)CC(=O)Oc3ccc(-c4ccc(OC(=O)C(C)CC(C)=O)cc4)cc3)cc2)cc1. The fraction of sp³-hybridized carbons (Fsp3) is 0.176. The van der Waals surface area contributed by atoms with Crippen molar-refractivity contribution in [3.63, 3.8) is 0 Å². The minimum atomic E-state index is -0.743. The van der Waals surface area contributed by atoms with Crippen LogP contribution in [0.2, 0.25) is 0 Å². The number of hydrogen-bond acceptors (Lipinski definition) is 8. The molecule has 8 nitrogen and oxygen atoms in total. The van der Waals surface area contributed by atoms with Crippen LogP contribution >= 0.6 is 0 Å². The number of methoxy groups -OCH3 is 1. The summed E-state index contributed by atoms with van der Waals surface area (Å²) in [5.41, 5.74) is 3.62. The molecule has 0 aliphatic carbocycles. The number of ketones is 1. The summed E-state index contributed by atoms with van der Waals surface area (Å²) in [7, 11) is 1.61. The van der Waals surface area contributed by atoms with Gasteiger partial charge in [-0.3, -0.25) is 14.4 Å². The van der Waals surface area contributed by atoms with Gasteiger partial charge >= 0.3 is 17.9 Å². The summed E-state index contributed by atoms with van der Waals surface area (Å²) in [6.45, 7) is 3.09. The summed E-state index contributed by atoms with van der Waals surface area (Å²) < 4.78 is 21.1. The Hall–Kier alpha value is -5.24. The van der Waals surface area contributed by atoms with Crippen LogP contribution in [0.5, 0.6) is 23.0 Å². The molecule has 0 heterocycles. The molecule has 1 unspecified atom stereocenters. The van der Waals surface area contributed by atoms with Crippen LogP contribution in [0.3, 0.4) is 0 Å². The molecule has 4 rings (SSSR count). The predicted molar refractivity (Wildman–Crippen MR) is 156 cm³/mol. The quantitative estimate of drug-likeness (QED) is 0.116. The minimum absolute atomic E-state index is 0.0730. The topological polar surface area (TPSA) is 105 Å². The standard InChI is InChI=1S/C34H30O8/c1-22(20-23(2)35)34(38)42-31-18-10-27(11-19-31)26-8-16-30(17-9-26)41-33(37)21-32(36)40-29-14-6-25(7-15-29)24-4-12-28(39-3)13-5-24/h4-19,22H,20-21H2,1-3H3. The molecular formula is C34H30O8. The van der Waals surface area contributed by atoms with E-state index in [1.165, 1.54) is 6.92 Å². The summed E-state index contributed by atoms with van der Waals surface area (Å²) in [5.74, 6) is -0.783. The first-order chi connectivity index (χ1) is 20.2. The number of rotatable bonds is 11. The third-order valence-corrected chi connectivity index (χ3v) is 6.29. The number of ether oxygens (including phenoxy) is 4. The lowest BCUT2D eigenvalue weighted by molar-refractivity contribution is -0.144. The van der Waals surface area contributed by atoms with Crippen molar-refractivity contribution < 1.29 is 38.1 Å². The molecule has 0 N–H and O–H groups in total. The Morgan fingerprint density at radius 3 is 1.21 bits per heavy atom. The van der Waals surface area contributed by atoms with Crippen LogP contribution in [0.25, 0.3) is 22.3 Å². The summed E-state index contributed by atoms with van der Waals surface area (Å²) in [4.78, 5) is 47.9. The van der Waals surface area contributed by atoms with Gasteiger partial charge in [-0.2, -0.15) is 0 Å². The van der Waals surface area contributed by atoms with E-state index < -0.39 is 30.2 Å². The van der Waals surface area contributed by atoms with Crippen LogP contribution in [0.15, 0.2) is 97.1 Å². The van der Waals surface area contributed by atoms with E-state index in [-0.39, 0.29) is 18.0 Å². The second-order valence-corrected chi connectivity index (χ2v) is 9.65. The van der Waals surface area contributed by atoms with Gasteiger partial charge in [0.2, 0.25) is 0 Å². The number of Topliss-reactive ketones (excluding diaryl/α,β-unsaturated/α-hetero) is 1. The predicted octanol–water partition coefficient (Wildman–Crippen LogP) is 6.45. The second-order valence-electron chi connectivity index (χ2n) is 9.65. The molecule has 4 aromatic carbocycles. The van der Waals surface area contributed by atoms with E-state index in [2.05, 4.69) is 0 Å². The third-order valence-electron chi connectivity index (χ3n) is 6.29. The van der Waals surface area contributed by atoms with Crippen molar-refractivity contribution in [2.24, 2.45) is 5.92 Å². The maximum absolute atomic E-state index is 12.3. The lowest BCUT2D eigenvalue weighted by Gasteiger charge is -2.10. The van der Waals surface area contributed by atoms with Crippen molar-refractivity contribution in [1.29, 1.82) is 0 Å². The van der Waals surface area contributed by atoms with Crippen LogP contribution in [-0.2, 0) is 19.2 Å². The molecule has 0 spiro atoms. The molecule has 0 aliphatic heterocycles. The van der Waals surface area contributed by atoms with Gasteiger partial charge in [0.25, 0.3) is 0 Å². The van der Waals surface area contributed by atoms with Crippen molar-refractivity contribution in [2.75, 3.05) is 7.11 Å². The number of hydrogen-bond donors (Lipinski definition) is 0. The van der Waals surface area contributed by atoms with E-state index in [0.717, 1.165) is 28.0 Å². The molecule has 0 radical (unpaired) electrons. The first kappa shape index (κ1) is 29.7. The van der Waals surface area contributed by atoms with Gasteiger partial charge in [0.1, 0.15) is 35.2 Å². The largest absolute Gasteiger partial charge is 0.497 e. The number of benzene rings is 4. The van der Waals surface area contributed by atoms with E-state index in [1.807, 2.05) is 36.4 Å². The molecule has 0 amide bonds. The molecule has 8 heteroatoms. The zero-order valence-corrected chi connectivity index (χ0v) is 23.5. The maximum Gasteiger partial charge on any atom is 0.322 e. The Labute approximate surface area is 243 Å². The average molecular weight is 567 g/mol. The fourth-order valence-electron chi connectivity index (χ4n) is 4.11. The van der Waals surface area contributed by atoms with Crippen molar-refractivity contribution in [3.8, 4) is 45.3 Å². The Bertz CT molecular complexity index is 1540. The molecule has 214 valence electrons. The van der Waals surface area contributed by atoms with E-state index >= 15 is 0 Å². The van der Waals surface area contributed by atoms with Crippen molar-refractivity contribution in [2.45, 2.75) is 26.7 Å². The van der Waals surface area contributed by atoms with Gasteiger partial charge in [-0.15, -0.1) is 0 Å². The first-order valence-corrected chi connectivity index (χ1v) is 13.3. The van der Waals surface area contributed by atoms with Crippen LogP contribution in [0.4, 0.5) is 0 Å². The van der Waals surface area contributed by atoms with Crippen molar-refractivity contribution in [3.05, 3.63) is 97.1 Å². The highest BCUT2D eigenvalue weighted by molar-refractivity contribution is 5.93. The lowest BCUT2D eigenvalue weighted by Crippen LogP contribution is -2.19. The zero-order valence-electron chi connectivity index (χ0n) is 23.5. The molecule has 0 bridgehead atoms. The summed E-state index contributed by atoms with van der Waals surface area (Å²) in [5, 5.41) is 0. The van der Waals surface area contributed by atoms with Crippen LogP contribution < -0.4 is 18.9 Å². The van der Waals surface area contributed by atoms with Crippen LogP contribution in [0.1, 0.15) is 26.7 Å². The highest BCUT2D eigenvalue weighted by Gasteiger charge is 2.17. The lowest BCUT2D eigenvalue weighted by atomic mass is 10.1. The summed E-state index contributed by atoms with van der Waals surface area (Å²) >= 11 is 0. The number of carbonyl (C=O) groups excluding carboxylic acids is 4. The van der Waals surface area contributed by atoms with Gasteiger partial charge in [-0.1, -0.05) is 55.5 Å². The molecule has 1 atom stereocenters. The highest BCUT2D eigenvalue weighted by atomic mass is 16.6. The fourth-order valence-corrected chi connectivity index (χ4v) is 4.11. The second kappa shape index (κ2) is 13.9. The normalized spacial score (nSPS) is 11.2. The number of esters is 3. The average Bonchev–Trinajstić information content (AvgIpc) is 2.98. The van der Waals surface area contributed by atoms with Gasteiger partial charge in [0.15, 0.2) is 0 Å². The van der Waals surface area contributed by atoms with E-state index in [0.29, 0.717) is 11.5 Å². The number of carbonyl (C=O) groups is 4. The molecule has 0 fully saturated rings. The van der Waals surface area contributed by atoms with Gasteiger partial charge in [0, 0.05) is 6.42 Å². The highest BCUT2D eigenvalue weighted by Crippen LogP contribution is 2.26. The van der Waals surface area contributed by atoms with Gasteiger partial charge in [-0.05, 0) is 77.7 Å². The van der Waals surface area contributed by atoms with E-state index in [4.69, 9.17) is 18.9 Å². The Kier molecular flexibility index (Phi) is 9.84. The van der Waals surface area contributed by atoms with Crippen LogP contribution in [0, 0.1) is 5.92 Å². The third kappa shape index (κ3) is 8.38. The Balaban J connectivity index is 1.26. The molecule has 0 saturated carbocycles. The van der Waals surface area contributed by atoms with Gasteiger partial charge < -0.3 is 23.7 Å². The smallest absolute Gasteiger partial charge is 0.322 e. The maximum atomic E-state index is 12.3. The zero-order chi connectivity index (χ0) is 30.1. The van der Waals surface area contributed by atoms with Gasteiger partial charge in [0.05, 0.1) is 13.0 Å². The van der Waals surface area contributed by atoms with E-state index in [9.17, 15) is 19.2 Å².